The molecule has 23 heavy (non-hydrogen) atoms. The molecule has 7 nitrogen and oxygen atoms in total. The lowest BCUT2D eigenvalue weighted by Crippen LogP contribution is -2.30. The first-order valence-electron chi connectivity index (χ1n) is 7.55. The number of hydrogen-bond acceptors (Lipinski definition) is 5. The van der Waals surface area contributed by atoms with Crippen LogP contribution in [-0.2, 0) is 4.79 Å². The number of nitrogens with one attached hydrogen (secondary N) is 3. The largest absolute Gasteiger partial charge is 0.361 e. The van der Waals surface area contributed by atoms with Crippen LogP contribution in [0, 0.1) is 13.8 Å². The quantitative estimate of drug-likeness (QED) is 0.748. The maximum atomic E-state index is 11.8. The maximum absolute atomic E-state index is 11.8. The molecule has 0 saturated carbocycles. The molecule has 0 fully saturated rings. The summed E-state index contributed by atoms with van der Waals surface area (Å²) in [7, 11) is 0. The number of H-pyrrole nitrogens is 1. The van der Waals surface area contributed by atoms with Gasteiger partial charge in [0.05, 0.1) is 6.54 Å². The highest BCUT2D eigenvalue weighted by molar-refractivity contribution is 5.80. The van der Waals surface area contributed by atoms with Gasteiger partial charge in [-0.1, -0.05) is 6.92 Å². The van der Waals surface area contributed by atoms with Gasteiger partial charge in [-0.05, 0) is 32.4 Å². The van der Waals surface area contributed by atoms with Crippen molar-refractivity contribution in [3.8, 4) is 11.4 Å². The summed E-state index contributed by atoms with van der Waals surface area (Å²) in [6.07, 6.45) is 2.51. The molecule has 0 saturated heterocycles. The summed E-state index contributed by atoms with van der Waals surface area (Å²) < 4.78 is 0. The number of amides is 1. The summed E-state index contributed by atoms with van der Waals surface area (Å²) in [6, 6.07) is 3.55. The molecule has 0 aliphatic heterocycles. The molecule has 0 aliphatic rings. The molecule has 0 radical (unpaired) electrons. The van der Waals surface area contributed by atoms with Crippen molar-refractivity contribution in [1.29, 1.82) is 0 Å². The average molecular weight is 315 g/mol. The number of aromatic amines is 1. The number of anilines is 1. The molecule has 2 heterocycles. The van der Waals surface area contributed by atoms with Gasteiger partial charge in [0, 0.05) is 29.6 Å². The number of carbonyl (C=O) groups is 1. The standard InChI is InChI=1S/C16H21N5O2/c1-4-7-17-14(22)9-19-13-6-5-12(8-18-13)15-20-11(3)10(2)16(23)21-15/h5-6,8H,4,7,9H2,1-3H3,(H,17,22)(H,18,19)(H,20,21,23). The van der Waals surface area contributed by atoms with Crippen LogP contribution in [0.25, 0.3) is 11.4 Å². The Morgan fingerprint density at radius 3 is 2.70 bits per heavy atom. The molecule has 7 heteroatoms. The van der Waals surface area contributed by atoms with Gasteiger partial charge in [-0.15, -0.1) is 0 Å². The third kappa shape index (κ3) is 4.38. The minimum absolute atomic E-state index is 0.0714. The summed E-state index contributed by atoms with van der Waals surface area (Å²) in [4.78, 5) is 34.6. The van der Waals surface area contributed by atoms with E-state index >= 15 is 0 Å². The number of pyridine rings is 1. The lowest BCUT2D eigenvalue weighted by Gasteiger charge is -2.07. The number of carbonyl (C=O) groups excluding carboxylic acids is 1. The first-order valence-corrected chi connectivity index (χ1v) is 7.55. The zero-order valence-electron chi connectivity index (χ0n) is 13.6. The number of aryl methyl sites for hydroxylation is 1. The Hall–Kier alpha value is -2.70. The molecular formula is C16H21N5O2. The first-order chi connectivity index (χ1) is 11.0. The maximum Gasteiger partial charge on any atom is 0.254 e. The van der Waals surface area contributed by atoms with E-state index < -0.39 is 0 Å². The van der Waals surface area contributed by atoms with E-state index in [1.54, 1.807) is 32.2 Å². The summed E-state index contributed by atoms with van der Waals surface area (Å²) in [5.74, 6) is 1.00. The summed E-state index contributed by atoms with van der Waals surface area (Å²) in [5.41, 5.74) is 1.87. The highest BCUT2D eigenvalue weighted by Gasteiger charge is 2.07. The van der Waals surface area contributed by atoms with Gasteiger partial charge in [-0.2, -0.15) is 0 Å². The van der Waals surface area contributed by atoms with Crippen LogP contribution < -0.4 is 16.2 Å². The van der Waals surface area contributed by atoms with Gasteiger partial charge in [-0.25, -0.2) is 9.97 Å². The molecule has 0 atom stereocenters. The lowest BCUT2D eigenvalue weighted by atomic mass is 10.2. The summed E-state index contributed by atoms with van der Waals surface area (Å²) in [6.45, 7) is 6.37. The molecule has 2 rings (SSSR count). The molecule has 122 valence electrons. The number of nitrogens with zero attached hydrogens (tertiary/aromatic N) is 2. The van der Waals surface area contributed by atoms with Gasteiger partial charge in [0.25, 0.3) is 5.56 Å². The third-order valence-electron chi connectivity index (χ3n) is 3.43. The molecule has 0 aliphatic carbocycles. The predicted molar refractivity (Wildman–Crippen MR) is 89.4 cm³/mol. The van der Waals surface area contributed by atoms with Crippen LogP contribution >= 0.6 is 0 Å². The molecule has 0 unspecified atom stereocenters. The zero-order chi connectivity index (χ0) is 16.8. The minimum atomic E-state index is -0.151. The predicted octanol–water partition coefficient (Wildman–Crippen LogP) is 1.39. The fraction of sp³-hybridized carbons (Fsp3) is 0.375. The van der Waals surface area contributed by atoms with Crippen LogP contribution in [0.15, 0.2) is 23.1 Å². The van der Waals surface area contributed by atoms with Crippen LogP contribution in [0.4, 0.5) is 5.82 Å². The second kappa shape index (κ2) is 7.53. The van der Waals surface area contributed by atoms with Crippen LogP contribution in [0.3, 0.4) is 0 Å². The van der Waals surface area contributed by atoms with Crippen molar-refractivity contribution in [2.45, 2.75) is 27.2 Å². The van der Waals surface area contributed by atoms with E-state index in [9.17, 15) is 9.59 Å². The molecule has 2 aromatic rings. The van der Waals surface area contributed by atoms with Gasteiger partial charge in [-0.3, -0.25) is 9.59 Å². The molecule has 2 aromatic heterocycles. The summed E-state index contributed by atoms with van der Waals surface area (Å²) >= 11 is 0. The topological polar surface area (TPSA) is 99.8 Å². The number of rotatable bonds is 6. The molecule has 3 N–H and O–H groups in total. The average Bonchev–Trinajstić information content (AvgIpc) is 2.56. The van der Waals surface area contributed by atoms with Gasteiger partial charge in [0.2, 0.25) is 5.91 Å². The van der Waals surface area contributed by atoms with E-state index in [-0.39, 0.29) is 18.0 Å². The Morgan fingerprint density at radius 2 is 2.09 bits per heavy atom. The Bertz CT molecular complexity index is 737. The van der Waals surface area contributed by atoms with Gasteiger partial charge >= 0.3 is 0 Å². The molecule has 0 bridgehead atoms. The van der Waals surface area contributed by atoms with Crippen molar-refractivity contribution in [2.75, 3.05) is 18.4 Å². The van der Waals surface area contributed by atoms with Crippen LogP contribution in [0.2, 0.25) is 0 Å². The smallest absolute Gasteiger partial charge is 0.254 e. The van der Waals surface area contributed by atoms with Crippen LogP contribution in [0.5, 0.6) is 0 Å². The van der Waals surface area contributed by atoms with Crippen molar-refractivity contribution in [2.24, 2.45) is 0 Å². The highest BCUT2D eigenvalue weighted by Crippen LogP contribution is 2.15. The van der Waals surface area contributed by atoms with Crippen molar-refractivity contribution in [3.63, 3.8) is 0 Å². The zero-order valence-corrected chi connectivity index (χ0v) is 13.6. The Morgan fingerprint density at radius 1 is 1.30 bits per heavy atom. The van der Waals surface area contributed by atoms with E-state index in [2.05, 4.69) is 25.6 Å². The van der Waals surface area contributed by atoms with Gasteiger partial charge in [0.15, 0.2) is 0 Å². The first kappa shape index (κ1) is 16.7. The summed E-state index contributed by atoms with van der Waals surface area (Å²) in [5, 5.41) is 5.73. The monoisotopic (exact) mass is 315 g/mol. The molecule has 0 spiro atoms. The Kier molecular flexibility index (Phi) is 5.46. The van der Waals surface area contributed by atoms with Crippen LogP contribution in [-0.4, -0.2) is 33.9 Å². The number of hydrogen-bond donors (Lipinski definition) is 3. The second-order valence-corrected chi connectivity index (χ2v) is 5.26. The normalized spacial score (nSPS) is 10.4. The Labute approximate surface area is 134 Å². The van der Waals surface area contributed by atoms with E-state index in [0.29, 0.717) is 35.0 Å². The second-order valence-electron chi connectivity index (χ2n) is 5.26. The van der Waals surface area contributed by atoms with E-state index in [4.69, 9.17) is 0 Å². The fourth-order valence-electron chi connectivity index (χ4n) is 1.92. The molecule has 1 amide bonds. The molecule has 0 aromatic carbocycles. The number of aromatic nitrogens is 3. The third-order valence-corrected chi connectivity index (χ3v) is 3.43. The van der Waals surface area contributed by atoms with Crippen molar-refractivity contribution in [3.05, 3.63) is 39.9 Å². The highest BCUT2D eigenvalue weighted by atomic mass is 16.2. The minimum Gasteiger partial charge on any atom is -0.361 e. The Balaban J connectivity index is 2.05. The van der Waals surface area contributed by atoms with Crippen molar-refractivity contribution >= 4 is 11.7 Å². The van der Waals surface area contributed by atoms with E-state index in [1.807, 2.05) is 6.92 Å². The SMILES string of the molecule is CCCNC(=O)CNc1ccc(-c2nc(C)c(C)c(=O)[nH]2)cn1. The van der Waals surface area contributed by atoms with Gasteiger partial charge in [0.1, 0.15) is 11.6 Å². The lowest BCUT2D eigenvalue weighted by molar-refractivity contribution is -0.119. The fourth-order valence-corrected chi connectivity index (χ4v) is 1.92. The molecular weight excluding hydrogens is 294 g/mol. The van der Waals surface area contributed by atoms with Crippen molar-refractivity contribution in [1.82, 2.24) is 20.3 Å². The van der Waals surface area contributed by atoms with E-state index in [1.165, 1.54) is 0 Å². The van der Waals surface area contributed by atoms with Crippen molar-refractivity contribution < 1.29 is 4.79 Å². The van der Waals surface area contributed by atoms with Crippen LogP contribution in [0.1, 0.15) is 24.6 Å². The van der Waals surface area contributed by atoms with Gasteiger partial charge < -0.3 is 15.6 Å². The van der Waals surface area contributed by atoms with E-state index in [0.717, 1.165) is 6.42 Å².